The molecule has 0 aliphatic carbocycles. The van der Waals surface area contributed by atoms with Gasteiger partial charge in [0.25, 0.3) is 0 Å². The van der Waals surface area contributed by atoms with Crippen LogP contribution in [0.15, 0.2) is 12.4 Å². The molecule has 2 rings (SSSR count). The van der Waals surface area contributed by atoms with Crippen molar-refractivity contribution in [1.82, 2.24) is 14.8 Å². The third kappa shape index (κ3) is 2.74. The summed E-state index contributed by atoms with van der Waals surface area (Å²) in [4.78, 5) is 26.1. The van der Waals surface area contributed by atoms with E-state index in [0.717, 1.165) is 11.3 Å². The average molecular weight is 302 g/mol. The van der Waals surface area contributed by atoms with Crippen LogP contribution in [0.1, 0.15) is 27.0 Å². The zero-order valence-corrected chi connectivity index (χ0v) is 11.2. The molecule has 0 spiro atoms. The molecule has 0 aliphatic rings. The van der Waals surface area contributed by atoms with Crippen molar-refractivity contribution in [2.45, 2.75) is 6.92 Å². The van der Waals surface area contributed by atoms with Gasteiger partial charge >= 0.3 is 11.9 Å². The van der Waals surface area contributed by atoms with Crippen LogP contribution in [-0.2, 0) is 4.74 Å². The van der Waals surface area contributed by atoms with Crippen molar-refractivity contribution in [3.8, 4) is 5.13 Å². The van der Waals surface area contributed by atoms with Gasteiger partial charge in [-0.15, -0.1) is 0 Å². The summed E-state index contributed by atoms with van der Waals surface area (Å²) in [5.74, 6) is -1.67. The summed E-state index contributed by atoms with van der Waals surface area (Å²) in [6.45, 7) is 1.96. The van der Waals surface area contributed by atoms with E-state index >= 15 is 0 Å². The topological polar surface area (TPSA) is 94.3 Å². The minimum atomic E-state index is -1.16. The molecule has 0 aromatic carbocycles. The van der Waals surface area contributed by atoms with Crippen LogP contribution in [0.5, 0.6) is 0 Å². The Labute approximate surface area is 116 Å². The number of carbonyl (C=O) groups excluding carboxylic acids is 1. The standard InChI is InChI=1S/C10H8ClN3O4S/c1-2-18-9(17)5-3-12-14(4-5)10-13-7(11)6(19-10)8(15)16/h3-4H,2H2,1H3,(H,15,16). The van der Waals surface area contributed by atoms with Gasteiger partial charge in [-0.1, -0.05) is 22.9 Å². The first-order valence-corrected chi connectivity index (χ1v) is 6.34. The lowest BCUT2D eigenvalue weighted by atomic mass is 10.4. The van der Waals surface area contributed by atoms with Gasteiger partial charge in [-0.2, -0.15) is 5.10 Å². The van der Waals surface area contributed by atoms with Crippen LogP contribution in [0.2, 0.25) is 5.15 Å². The highest BCUT2D eigenvalue weighted by Gasteiger charge is 2.18. The second-order valence-electron chi connectivity index (χ2n) is 3.32. The first kappa shape index (κ1) is 13.5. The summed E-state index contributed by atoms with van der Waals surface area (Å²) in [7, 11) is 0. The molecule has 2 aromatic rings. The summed E-state index contributed by atoms with van der Waals surface area (Å²) in [5, 5.41) is 12.9. The third-order valence-corrected chi connectivity index (χ3v) is 3.48. The summed E-state index contributed by atoms with van der Waals surface area (Å²) < 4.78 is 6.09. The van der Waals surface area contributed by atoms with E-state index in [1.54, 1.807) is 6.92 Å². The maximum atomic E-state index is 11.5. The number of thiazole rings is 1. The van der Waals surface area contributed by atoms with Crippen LogP contribution in [0.25, 0.3) is 5.13 Å². The molecular formula is C10H8ClN3O4S. The Morgan fingerprint density at radius 2 is 2.32 bits per heavy atom. The number of halogens is 1. The van der Waals surface area contributed by atoms with Gasteiger partial charge in [0.05, 0.1) is 18.4 Å². The Morgan fingerprint density at radius 3 is 2.89 bits per heavy atom. The highest BCUT2D eigenvalue weighted by atomic mass is 35.5. The van der Waals surface area contributed by atoms with Crippen LogP contribution in [-0.4, -0.2) is 38.4 Å². The van der Waals surface area contributed by atoms with Crippen LogP contribution in [0.4, 0.5) is 0 Å². The van der Waals surface area contributed by atoms with Crippen LogP contribution < -0.4 is 0 Å². The SMILES string of the molecule is CCOC(=O)c1cnn(-c2nc(Cl)c(C(=O)O)s2)c1. The first-order valence-electron chi connectivity index (χ1n) is 5.14. The second-order valence-corrected chi connectivity index (χ2v) is 4.65. The van der Waals surface area contributed by atoms with Gasteiger partial charge < -0.3 is 9.84 Å². The number of carboxylic acid groups (broad SMARTS) is 1. The number of aromatic nitrogens is 3. The fourth-order valence-electron chi connectivity index (χ4n) is 1.27. The number of nitrogens with zero attached hydrogens (tertiary/aromatic N) is 3. The Morgan fingerprint density at radius 1 is 1.58 bits per heavy atom. The van der Waals surface area contributed by atoms with Crippen LogP contribution >= 0.6 is 22.9 Å². The molecule has 0 fully saturated rings. The van der Waals surface area contributed by atoms with E-state index in [2.05, 4.69) is 10.1 Å². The van der Waals surface area contributed by atoms with E-state index in [1.807, 2.05) is 0 Å². The van der Waals surface area contributed by atoms with Gasteiger partial charge in [-0.3, -0.25) is 0 Å². The van der Waals surface area contributed by atoms with Crippen molar-refractivity contribution in [2.75, 3.05) is 6.61 Å². The number of esters is 1. The number of ether oxygens (including phenoxy) is 1. The number of carboxylic acids is 1. The Bertz CT molecular complexity index is 637. The molecule has 0 atom stereocenters. The normalized spacial score (nSPS) is 10.4. The molecule has 7 nitrogen and oxygen atoms in total. The van der Waals surface area contributed by atoms with E-state index in [9.17, 15) is 9.59 Å². The number of carbonyl (C=O) groups is 2. The lowest BCUT2D eigenvalue weighted by molar-refractivity contribution is 0.0526. The molecule has 0 amide bonds. The van der Waals surface area contributed by atoms with Gasteiger partial charge in [0.15, 0.2) is 10.0 Å². The Balaban J connectivity index is 2.30. The fourth-order valence-corrected chi connectivity index (χ4v) is 2.32. The van der Waals surface area contributed by atoms with Crippen molar-refractivity contribution in [2.24, 2.45) is 0 Å². The molecule has 9 heteroatoms. The molecule has 100 valence electrons. The molecule has 1 N–H and O–H groups in total. The quantitative estimate of drug-likeness (QED) is 0.866. The Kier molecular flexibility index (Phi) is 3.82. The predicted molar refractivity (Wildman–Crippen MR) is 67.2 cm³/mol. The molecule has 0 radical (unpaired) electrons. The number of rotatable bonds is 4. The number of hydrogen-bond donors (Lipinski definition) is 1. The third-order valence-electron chi connectivity index (χ3n) is 2.06. The van der Waals surface area contributed by atoms with Gasteiger partial charge in [0.1, 0.15) is 0 Å². The molecule has 0 bridgehead atoms. The van der Waals surface area contributed by atoms with Crippen LogP contribution in [0.3, 0.4) is 0 Å². The molecule has 0 unspecified atom stereocenters. The minimum Gasteiger partial charge on any atom is -0.477 e. The molecule has 19 heavy (non-hydrogen) atoms. The lowest BCUT2D eigenvalue weighted by Crippen LogP contribution is -2.03. The molecular weight excluding hydrogens is 294 g/mol. The zero-order chi connectivity index (χ0) is 14.0. The van der Waals surface area contributed by atoms with Crippen molar-refractivity contribution >= 4 is 34.9 Å². The maximum absolute atomic E-state index is 11.5. The average Bonchev–Trinajstić information content (AvgIpc) is 2.95. The van der Waals surface area contributed by atoms with Gasteiger partial charge in [-0.25, -0.2) is 19.3 Å². The Hall–Kier alpha value is -1.93. The largest absolute Gasteiger partial charge is 0.477 e. The fraction of sp³-hybridized carbons (Fsp3) is 0.200. The number of aromatic carboxylic acids is 1. The summed E-state index contributed by atoms with van der Waals surface area (Å²) in [6.07, 6.45) is 2.71. The lowest BCUT2D eigenvalue weighted by Gasteiger charge is -1.96. The summed E-state index contributed by atoms with van der Waals surface area (Å²) in [5.41, 5.74) is 0.255. The maximum Gasteiger partial charge on any atom is 0.349 e. The minimum absolute atomic E-state index is 0.0788. The summed E-state index contributed by atoms with van der Waals surface area (Å²) in [6, 6.07) is 0. The van der Waals surface area contributed by atoms with E-state index in [4.69, 9.17) is 21.4 Å². The van der Waals surface area contributed by atoms with E-state index in [1.165, 1.54) is 17.1 Å². The zero-order valence-electron chi connectivity index (χ0n) is 9.66. The van der Waals surface area contributed by atoms with Gasteiger partial charge in [-0.05, 0) is 6.92 Å². The molecule has 0 saturated carbocycles. The summed E-state index contributed by atoms with van der Waals surface area (Å²) >= 11 is 6.56. The molecule has 2 heterocycles. The highest BCUT2D eigenvalue weighted by molar-refractivity contribution is 7.16. The van der Waals surface area contributed by atoms with Gasteiger partial charge in [0.2, 0.25) is 5.13 Å². The first-order chi connectivity index (χ1) is 9.02. The molecule has 0 aliphatic heterocycles. The van der Waals surface area contributed by atoms with Crippen molar-refractivity contribution in [3.05, 3.63) is 28.0 Å². The smallest absolute Gasteiger partial charge is 0.349 e. The van der Waals surface area contributed by atoms with E-state index < -0.39 is 11.9 Å². The van der Waals surface area contributed by atoms with Crippen molar-refractivity contribution < 1.29 is 19.4 Å². The monoisotopic (exact) mass is 301 g/mol. The van der Waals surface area contributed by atoms with Crippen LogP contribution in [0, 0.1) is 0 Å². The van der Waals surface area contributed by atoms with E-state index in [-0.39, 0.29) is 27.3 Å². The second kappa shape index (κ2) is 5.37. The molecule has 2 aromatic heterocycles. The highest BCUT2D eigenvalue weighted by Crippen LogP contribution is 2.25. The van der Waals surface area contributed by atoms with Gasteiger partial charge in [0, 0.05) is 6.20 Å². The van der Waals surface area contributed by atoms with E-state index in [0.29, 0.717) is 0 Å². The molecule has 0 saturated heterocycles. The van der Waals surface area contributed by atoms with Crippen molar-refractivity contribution in [1.29, 1.82) is 0 Å². The van der Waals surface area contributed by atoms with Crippen molar-refractivity contribution in [3.63, 3.8) is 0 Å². The predicted octanol–water partition coefficient (Wildman–Crippen LogP) is 1.86. The number of hydrogen-bond acceptors (Lipinski definition) is 6.